The number of rotatable bonds is 3. The Hall–Kier alpha value is -1.96. The van der Waals surface area contributed by atoms with E-state index >= 15 is 0 Å². The molecule has 0 radical (unpaired) electrons. The Bertz CT molecular complexity index is 909. The summed E-state index contributed by atoms with van der Waals surface area (Å²) in [5.74, 6) is 0.583. The van der Waals surface area contributed by atoms with Crippen LogP contribution in [0.5, 0.6) is 0 Å². The fourth-order valence-corrected chi connectivity index (χ4v) is 3.43. The summed E-state index contributed by atoms with van der Waals surface area (Å²) in [7, 11) is 0. The molecule has 1 aromatic carbocycles. The minimum atomic E-state index is -4.20. The van der Waals surface area contributed by atoms with Crippen molar-refractivity contribution >= 4 is 29.2 Å². The Balaban J connectivity index is 2.23. The number of alkyl halides is 4. The highest BCUT2D eigenvalue weighted by atomic mass is 35.5. The van der Waals surface area contributed by atoms with Crippen LogP contribution in [0.1, 0.15) is 23.7 Å². The molecule has 0 bridgehead atoms. The van der Waals surface area contributed by atoms with Crippen molar-refractivity contribution in [2.75, 3.05) is 11.5 Å². The summed E-state index contributed by atoms with van der Waals surface area (Å²) >= 11 is 7.21. The fourth-order valence-electron chi connectivity index (χ4n) is 2.44. The first-order chi connectivity index (χ1) is 11.6. The van der Waals surface area contributed by atoms with Crippen molar-refractivity contribution in [1.29, 1.82) is 5.26 Å². The highest BCUT2D eigenvalue weighted by Crippen LogP contribution is 2.52. The number of hydrogen-bond acceptors (Lipinski definition) is 5. The smallest absolute Gasteiger partial charge is 0.383 e. The molecule has 2 heterocycles. The predicted octanol–water partition coefficient (Wildman–Crippen LogP) is 4.22. The number of thioether (sulfide) groups is 1. The van der Waals surface area contributed by atoms with Gasteiger partial charge in [-0.25, -0.2) is 9.42 Å². The van der Waals surface area contributed by atoms with Crippen LogP contribution in [0.4, 0.5) is 23.4 Å². The van der Waals surface area contributed by atoms with E-state index in [9.17, 15) is 17.6 Å². The molecule has 0 saturated carbocycles. The van der Waals surface area contributed by atoms with Gasteiger partial charge >= 0.3 is 12.2 Å². The van der Waals surface area contributed by atoms with Crippen molar-refractivity contribution in [3.05, 3.63) is 34.0 Å². The largest absolute Gasteiger partial charge is 0.388 e. The van der Waals surface area contributed by atoms with Gasteiger partial charge in [-0.15, -0.1) is 11.8 Å². The van der Waals surface area contributed by atoms with Gasteiger partial charge in [0, 0.05) is 0 Å². The van der Waals surface area contributed by atoms with E-state index in [2.05, 4.69) is 9.84 Å². The minimum absolute atomic E-state index is 0.000702. The van der Waals surface area contributed by atoms with Crippen molar-refractivity contribution in [3.8, 4) is 11.8 Å². The molecule has 2 aromatic rings. The first-order valence-electron chi connectivity index (χ1n) is 6.84. The molecule has 1 aliphatic rings. The molecule has 0 amide bonds. The number of nitrogens with zero attached hydrogens (tertiary/aromatic N) is 3. The third kappa shape index (κ3) is 2.72. The molecular formula is C14H9ClF4N4OS. The zero-order valence-corrected chi connectivity index (χ0v) is 14.1. The standard InChI is InChI=1S/C14H9ClF4N4OS/c1-2-25-11-9(5-20)22-23(12(11)21)10-4-7-6(3-8(10)15)13(16,17)24-14(7,18)19/h3-4H,2,21H2,1H3. The van der Waals surface area contributed by atoms with Gasteiger partial charge in [-0.3, -0.25) is 0 Å². The van der Waals surface area contributed by atoms with Crippen LogP contribution in [0, 0.1) is 11.3 Å². The lowest BCUT2D eigenvalue weighted by molar-refractivity contribution is -0.369. The molecular weight excluding hydrogens is 384 g/mol. The van der Waals surface area contributed by atoms with Crippen LogP contribution < -0.4 is 5.73 Å². The molecule has 0 saturated heterocycles. The van der Waals surface area contributed by atoms with E-state index in [4.69, 9.17) is 22.6 Å². The lowest BCUT2D eigenvalue weighted by Gasteiger charge is -2.11. The monoisotopic (exact) mass is 392 g/mol. The maximum absolute atomic E-state index is 13.8. The van der Waals surface area contributed by atoms with Crippen LogP contribution >= 0.6 is 23.4 Å². The number of hydrogen-bond donors (Lipinski definition) is 1. The van der Waals surface area contributed by atoms with Gasteiger partial charge in [-0.2, -0.15) is 27.9 Å². The van der Waals surface area contributed by atoms with Crippen molar-refractivity contribution in [2.24, 2.45) is 0 Å². The molecule has 0 atom stereocenters. The number of nitrogen functional groups attached to an aromatic ring is 1. The maximum atomic E-state index is 13.8. The Morgan fingerprint density at radius 1 is 1.32 bits per heavy atom. The first-order valence-corrected chi connectivity index (χ1v) is 8.20. The molecule has 1 aliphatic heterocycles. The van der Waals surface area contributed by atoms with E-state index in [0.717, 1.165) is 10.7 Å². The van der Waals surface area contributed by atoms with Gasteiger partial charge in [0.2, 0.25) is 0 Å². The van der Waals surface area contributed by atoms with Crippen molar-refractivity contribution in [3.63, 3.8) is 0 Å². The molecule has 3 rings (SSSR count). The highest BCUT2D eigenvalue weighted by molar-refractivity contribution is 7.99. The van der Waals surface area contributed by atoms with E-state index in [1.54, 1.807) is 0 Å². The van der Waals surface area contributed by atoms with Crippen LogP contribution in [0.2, 0.25) is 5.02 Å². The Morgan fingerprint density at radius 3 is 2.48 bits per heavy atom. The molecule has 1 aromatic heterocycles. The number of nitriles is 1. The van der Waals surface area contributed by atoms with Crippen LogP contribution in [-0.2, 0) is 17.0 Å². The lowest BCUT2D eigenvalue weighted by Crippen LogP contribution is -2.17. The Kier molecular flexibility index (Phi) is 4.14. The second-order valence-electron chi connectivity index (χ2n) is 5.00. The molecule has 0 unspecified atom stereocenters. The van der Waals surface area contributed by atoms with E-state index in [-0.39, 0.29) is 22.2 Å². The van der Waals surface area contributed by atoms with Crippen LogP contribution in [0.3, 0.4) is 0 Å². The average molecular weight is 393 g/mol. The summed E-state index contributed by atoms with van der Waals surface area (Å²) in [5, 5.41) is 12.8. The van der Waals surface area contributed by atoms with Crippen LogP contribution in [-0.4, -0.2) is 15.5 Å². The third-order valence-electron chi connectivity index (χ3n) is 3.47. The quantitative estimate of drug-likeness (QED) is 0.625. The molecule has 0 fully saturated rings. The summed E-state index contributed by atoms with van der Waals surface area (Å²) in [5.41, 5.74) is 3.70. The fraction of sp³-hybridized carbons (Fsp3) is 0.286. The number of aromatic nitrogens is 2. The zero-order chi connectivity index (χ0) is 18.6. The van der Waals surface area contributed by atoms with Gasteiger partial charge in [0.25, 0.3) is 0 Å². The van der Waals surface area contributed by atoms with Gasteiger partial charge in [-0.1, -0.05) is 18.5 Å². The minimum Gasteiger partial charge on any atom is -0.383 e. The van der Waals surface area contributed by atoms with Gasteiger partial charge in [0.05, 0.1) is 26.7 Å². The normalized spacial score (nSPS) is 17.3. The third-order valence-corrected chi connectivity index (χ3v) is 4.75. The summed E-state index contributed by atoms with van der Waals surface area (Å²) in [6, 6.07) is 3.27. The highest BCUT2D eigenvalue weighted by Gasteiger charge is 2.57. The number of fused-ring (bicyclic) bond motifs is 1. The predicted molar refractivity (Wildman–Crippen MR) is 83.0 cm³/mol. The van der Waals surface area contributed by atoms with Crippen LogP contribution in [0.15, 0.2) is 17.0 Å². The van der Waals surface area contributed by atoms with Gasteiger partial charge < -0.3 is 5.73 Å². The number of anilines is 1. The maximum Gasteiger partial charge on any atom is 0.388 e. The molecule has 11 heteroatoms. The number of halogens is 5. The number of ether oxygens (including phenoxy) is 1. The van der Waals surface area contributed by atoms with Crippen LogP contribution in [0.25, 0.3) is 5.69 Å². The van der Waals surface area contributed by atoms with Crippen molar-refractivity contribution < 1.29 is 22.3 Å². The zero-order valence-electron chi connectivity index (χ0n) is 12.5. The Morgan fingerprint density at radius 2 is 1.92 bits per heavy atom. The summed E-state index contributed by atoms with van der Waals surface area (Å²) in [6.45, 7) is 1.82. The van der Waals surface area contributed by atoms with E-state index in [1.165, 1.54) is 11.8 Å². The Labute approximate surface area is 148 Å². The molecule has 25 heavy (non-hydrogen) atoms. The average Bonchev–Trinajstić information content (AvgIpc) is 2.91. The number of nitrogens with two attached hydrogens (primary N) is 1. The lowest BCUT2D eigenvalue weighted by atomic mass is 10.1. The number of benzene rings is 1. The van der Waals surface area contributed by atoms with Crippen molar-refractivity contribution in [2.45, 2.75) is 24.0 Å². The summed E-state index contributed by atoms with van der Waals surface area (Å²) in [4.78, 5) is 0.356. The van der Waals surface area contributed by atoms with E-state index < -0.39 is 23.3 Å². The summed E-state index contributed by atoms with van der Waals surface area (Å²) in [6.07, 6.45) is -8.36. The summed E-state index contributed by atoms with van der Waals surface area (Å²) < 4.78 is 59.2. The second-order valence-corrected chi connectivity index (χ2v) is 6.69. The molecule has 5 nitrogen and oxygen atoms in total. The first kappa shape index (κ1) is 17.8. The molecule has 2 N–H and O–H groups in total. The molecule has 0 aliphatic carbocycles. The van der Waals surface area contributed by atoms with E-state index in [0.29, 0.717) is 16.7 Å². The molecule has 0 spiro atoms. The SMILES string of the molecule is CCSc1c(C#N)nn(-c2cc3c(cc2Cl)C(F)(F)OC3(F)F)c1N. The second kappa shape index (κ2) is 5.79. The van der Waals surface area contributed by atoms with E-state index in [1.807, 2.05) is 13.0 Å². The van der Waals surface area contributed by atoms with Gasteiger partial charge in [0.1, 0.15) is 11.9 Å². The van der Waals surface area contributed by atoms with Gasteiger partial charge in [0.15, 0.2) is 5.69 Å². The topological polar surface area (TPSA) is 76.9 Å². The van der Waals surface area contributed by atoms with Gasteiger partial charge in [-0.05, 0) is 17.9 Å². The van der Waals surface area contributed by atoms with Crippen molar-refractivity contribution in [1.82, 2.24) is 9.78 Å². The molecule has 132 valence electrons.